The Kier molecular flexibility index (Phi) is 3.34. The highest BCUT2D eigenvalue weighted by atomic mass is 32.1. The predicted molar refractivity (Wildman–Crippen MR) is 75.9 cm³/mol. The average molecular weight is 263 g/mol. The van der Waals surface area contributed by atoms with Gasteiger partial charge in [0.2, 0.25) is 0 Å². The Hall–Kier alpha value is -1.33. The van der Waals surface area contributed by atoms with Gasteiger partial charge < -0.3 is 15.0 Å². The molecule has 1 aliphatic heterocycles. The van der Waals surface area contributed by atoms with E-state index in [0.29, 0.717) is 0 Å². The molecule has 0 saturated carbocycles. The number of nitrogens with zero attached hydrogens (tertiary/aromatic N) is 2. The largest absolute Gasteiger partial charge is 0.497 e. The van der Waals surface area contributed by atoms with Crippen LogP contribution in [0.2, 0.25) is 0 Å². The van der Waals surface area contributed by atoms with Crippen molar-refractivity contribution in [3.63, 3.8) is 0 Å². The first-order chi connectivity index (χ1) is 8.86. The lowest BCUT2D eigenvalue weighted by atomic mass is 10.3. The first-order valence-electron chi connectivity index (χ1n) is 6.27. The number of benzene rings is 1. The summed E-state index contributed by atoms with van der Waals surface area (Å²) < 4.78 is 6.46. The number of hydrogen-bond donors (Lipinski definition) is 1. The molecule has 1 aromatic carbocycles. The second-order valence-corrected chi connectivity index (χ2v) is 5.43. The number of methoxy groups -OCH3 is 1. The van der Waals surface area contributed by atoms with Gasteiger partial charge in [0, 0.05) is 25.7 Å². The molecule has 18 heavy (non-hydrogen) atoms. The summed E-state index contributed by atoms with van der Waals surface area (Å²) in [5, 5.41) is 4.54. The van der Waals surface area contributed by atoms with Crippen molar-refractivity contribution in [1.82, 2.24) is 10.3 Å². The summed E-state index contributed by atoms with van der Waals surface area (Å²) in [5.74, 6) is 0.872. The Morgan fingerprint density at radius 2 is 2.28 bits per heavy atom. The SMILES string of the molecule is COc1ccc2sc(N3CCCNCC3)nc2c1. The van der Waals surface area contributed by atoms with Gasteiger partial charge in [-0.3, -0.25) is 0 Å². The molecule has 1 saturated heterocycles. The van der Waals surface area contributed by atoms with Crippen LogP contribution in [-0.4, -0.2) is 38.3 Å². The molecule has 0 aliphatic carbocycles. The van der Waals surface area contributed by atoms with Crippen molar-refractivity contribution in [1.29, 1.82) is 0 Å². The van der Waals surface area contributed by atoms with Gasteiger partial charge in [-0.2, -0.15) is 0 Å². The van der Waals surface area contributed by atoms with E-state index in [1.165, 1.54) is 11.1 Å². The number of aromatic nitrogens is 1. The molecule has 4 nitrogen and oxygen atoms in total. The van der Waals surface area contributed by atoms with E-state index in [4.69, 9.17) is 9.72 Å². The minimum absolute atomic E-state index is 0.872. The fraction of sp³-hybridized carbons (Fsp3) is 0.462. The van der Waals surface area contributed by atoms with E-state index in [0.717, 1.165) is 42.6 Å². The zero-order valence-corrected chi connectivity index (χ0v) is 11.3. The second-order valence-electron chi connectivity index (χ2n) is 4.42. The van der Waals surface area contributed by atoms with Crippen molar-refractivity contribution in [3.8, 4) is 5.75 Å². The third-order valence-corrected chi connectivity index (χ3v) is 4.29. The highest BCUT2D eigenvalue weighted by Crippen LogP contribution is 2.31. The van der Waals surface area contributed by atoms with E-state index < -0.39 is 0 Å². The van der Waals surface area contributed by atoms with Gasteiger partial charge in [0.25, 0.3) is 0 Å². The zero-order chi connectivity index (χ0) is 12.4. The molecule has 1 aromatic heterocycles. The molecule has 5 heteroatoms. The second kappa shape index (κ2) is 5.12. The molecule has 0 spiro atoms. The van der Waals surface area contributed by atoms with E-state index in [1.807, 2.05) is 12.1 Å². The summed E-state index contributed by atoms with van der Waals surface area (Å²) in [5.41, 5.74) is 1.03. The Bertz CT molecular complexity index is 532. The summed E-state index contributed by atoms with van der Waals surface area (Å²) in [6.07, 6.45) is 1.18. The zero-order valence-electron chi connectivity index (χ0n) is 10.5. The summed E-state index contributed by atoms with van der Waals surface area (Å²) in [7, 11) is 1.69. The lowest BCUT2D eigenvalue weighted by Crippen LogP contribution is -2.27. The van der Waals surface area contributed by atoms with Gasteiger partial charge in [-0.15, -0.1) is 0 Å². The van der Waals surface area contributed by atoms with Crippen molar-refractivity contribution >= 4 is 26.7 Å². The third kappa shape index (κ3) is 2.28. The summed E-state index contributed by atoms with van der Waals surface area (Å²) >= 11 is 1.76. The quantitative estimate of drug-likeness (QED) is 0.900. The normalized spacial score (nSPS) is 16.8. The van der Waals surface area contributed by atoms with Gasteiger partial charge >= 0.3 is 0 Å². The molecule has 1 aliphatic rings. The Labute approximate surface area is 111 Å². The van der Waals surface area contributed by atoms with E-state index in [1.54, 1.807) is 18.4 Å². The van der Waals surface area contributed by atoms with Crippen LogP contribution >= 0.6 is 11.3 Å². The van der Waals surface area contributed by atoms with Crippen molar-refractivity contribution < 1.29 is 4.74 Å². The number of anilines is 1. The number of hydrogen-bond acceptors (Lipinski definition) is 5. The van der Waals surface area contributed by atoms with Crippen LogP contribution in [0.25, 0.3) is 10.2 Å². The molecule has 3 rings (SSSR count). The van der Waals surface area contributed by atoms with Crippen molar-refractivity contribution in [3.05, 3.63) is 18.2 Å². The molecule has 2 heterocycles. The standard InChI is InChI=1S/C13H17N3OS/c1-17-10-3-4-12-11(9-10)15-13(18-12)16-7-2-5-14-6-8-16/h3-4,9,14H,2,5-8H2,1H3. The van der Waals surface area contributed by atoms with Crippen LogP contribution in [0.3, 0.4) is 0 Å². The van der Waals surface area contributed by atoms with Gasteiger partial charge in [-0.25, -0.2) is 4.98 Å². The van der Waals surface area contributed by atoms with Gasteiger partial charge in [0.1, 0.15) is 5.75 Å². The molecular weight excluding hydrogens is 246 g/mol. The van der Waals surface area contributed by atoms with Crippen LogP contribution in [-0.2, 0) is 0 Å². The fourth-order valence-electron chi connectivity index (χ4n) is 2.19. The van der Waals surface area contributed by atoms with Crippen LogP contribution in [0, 0.1) is 0 Å². The highest BCUT2D eigenvalue weighted by Gasteiger charge is 2.14. The predicted octanol–water partition coefficient (Wildman–Crippen LogP) is 2.10. The maximum atomic E-state index is 5.24. The molecule has 96 valence electrons. The van der Waals surface area contributed by atoms with E-state index in [2.05, 4.69) is 16.3 Å². The van der Waals surface area contributed by atoms with Gasteiger partial charge in [-0.05, 0) is 25.1 Å². The number of rotatable bonds is 2. The number of thiazole rings is 1. The van der Waals surface area contributed by atoms with Crippen LogP contribution in [0.1, 0.15) is 6.42 Å². The monoisotopic (exact) mass is 263 g/mol. The topological polar surface area (TPSA) is 37.4 Å². The first kappa shape index (κ1) is 11.7. The Morgan fingerprint density at radius 3 is 3.17 bits per heavy atom. The molecule has 0 unspecified atom stereocenters. The van der Waals surface area contributed by atoms with Crippen molar-refractivity contribution in [2.24, 2.45) is 0 Å². The number of ether oxygens (including phenoxy) is 1. The summed E-state index contributed by atoms with van der Waals surface area (Å²) in [6.45, 7) is 4.27. The minimum atomic E-state index is 0.872. The molecule has 0 atom stereocenters. The van der Waals surface area contributed by atoms with Crippen LogP contribution in [0.5, 0.6) is 5.75 Å². The summed E-state index contributed by atoms with van der Waals surface area (Å²) in [6, 6.07) is 6.09. The Balaban J connectivity index is 1.91. The van der Waals surface area contributed by atoms with E-state index >= 15 is 0 Å². The average Bonchev–Trinajstić information content (AvgIpc) is 2.63. The van der Waals surface area contributed by atoms with Gasteiger partial charge in [0.15, 0.2) is 5.13 Å². The highest BCUT2D eigenvalue weighted by molar-refractivity contribution is 7.22. The van der Waals surface area contributed by atoms with Crippen molar-refractivity contribution in [2.75, 3.05) is 38.2 Å². The molecule has 0 radical (unpaired) electrons. The summed E-state index contributed by atoms with van der Waals surface area (Å²) in [4.78, 5) is 7.10. The lowest BCUT2D eigenvalue weighted by molar-refractivity contribution is 0.415. The molecule has 0 amide bonds. The molecule has 2 aromatic rings. The molecule has 1 fully saturated rings. The third-order valence-electron chi connectivity index (χ3n) is 3.19. The maximum absolute atomic E-state index is 5.24. The van der Waals surface area contributed by atoms with E-state index in [-0.39, 0.29) is 0 Å². The van der Waals surface area contributed by atoms with Crippen LogP contribution < -0.4 is 15.0 Å². The van der Waals surface area contributed by atoms with Gasteiger partial charge in [-0.1, -0.05) is 11.3 Å². The molecule has 0 bridgehead atoms. The Morgan fingerprint density at radius 1 is 1.33 bits per heavy atom. The fourth-order valence-corrected chi connectivity index (χ4v) is 3.19. The van der Waals surface area contributed by atoms with Crippen molar-refractivity contribution in [2.45, 2.75) is 6.42 Å². The molecular formula is C13H17N3OS. The van der Waals surface area contributed by atoms with Crippen LogP contribution in [0.4, 0.5) is 5.13 Å². The van der Waals surface area contributed by atoms with E-state index in [9.17, 15) is 0 Å². The minimum Gasteiger partial charge on any atom is -0.497 e. The van der Waals surface area contributed by atoms with Crippen LogP contribution in [0.15, 0.2) is 18.2 Å². The molecule has 1 N–H and O–H groups in total. The van der Waals surface area contributed by atoms with Gasteiger partial charge in [0.05, 0.1) is 17.3 Å². The number of fused-ring (bicyclic) bond motifs is 1. The smallest absolute Gasteiger partial charge is 0.186 e. The first-order valence-corrected chi connectivity index (χ1v) is 7.09. The number of nitrogens with one attached hydrogen (secondary N) is 1. The lowest BCUT2D eigenvalue weighted by Gasteiger charge is -2.17. The maximum Gasteiger partial charge on any atom is 0.186 e.